The smallest absolute Gasteiger partial charge is 0.191 e. The zero-order chi connectivity index (χ0) is 20.0. The second kappa shape index (κ2) is 9.04. The van der Waals surface area contributed by atoms with Crippen LogP contribution in [0.4, 0.5) is 10.2 Å². The molecule has 0 radical (unpaired) electrons. The van der Waals surface area contributed by atoms with Crippen molar-refractivity contribution in [2.24, 2.45) is 4.99 Å². The topological polar surface area (TPSA) is 52.5 Å². The molecule has 1 aromatic heterocycles. The van der Waals surface area contributed by atoms with E-state index in [-0.39, 0.29) is 11.2 Å². The minimum absolute atomic E-state index is 0.115. The van der Waals surface area contributed by atoms with Crippen molar-refractivity contribution < 1.29 is 4.39 Å². The van der Waals surface area contributed by atoms with Gasteiger partial charge in [0.1, 0.15) is 11.6 Å². The Labute approximate surface area is 167 Å². The van der Waals surface area contributed by atoms with Gasteiger partial charge in [0.05, 0.1) is 0 Å². The molecule has 2 N–H and O–H groups in total. The number of aromatic nitrogens is 1. The van der Waals surface area contributed by atoms with Crippen LogP contribution in [0.25, 0.3) is 0 Å². The van der Waals surface area contributed by atoms with Gasteiger partial charge in [-0.2, -0.15) is 0 Å². The quantitative estimate of drug-likeness (QED) is 0.541. The Morgan fingerprint density at radius 2 is 1.89 bits per heavy atom. The summed E-state index contributed by atoms with van der Waals surface area (Å²) < 4.78 is 14.2. The van der Waals surface area contributed by atoms with E-state index in [9.17, 15) is 4.39 Å². The van der Waals surface area contributed by atoms with E-state index in [1.807, 2.05) is 18.3 Å². The third-order valence-electron chi connectivity index (χ3n) is 5.47. The summed E-state index contributed by atoms with van der Waals surface area (Å²) in [4.78, 5) is 11.1. The molecule has 3 rings (SSSR count). The van der Waals surface area contributed by atoms with E-state index in [0.29, 0.717) is 13.1 Å². The molecule has 1 aliphatic carbocycles. The lowest BCUT2D eigenvalue weighted by Gasteiger charge is -2.20. The lowest BCUT2D eigenvalue weighted by Crippen LogP contribution is -2.41. The van der Waals surface area contributed by atoms with E-state index in [1.54, 1.807) is 13.1 Å². The monoisotopic (exact) mass is 383 g/mol. The number of pyridine rings is 1. The first kappa shape index (κ1) is 20.1. The summed E-state index contributed by atoms with van der Waals surface area (Å²) in [7, 11) is 1.75. The Balaban J connectivity index is 1.54. The molecular weight excluding hydrogens is 353 g/mol. The van der Waals surface area contributed by atoms with E-state index >= 15 is 0 Å². The highest BCUT2D eigenvalue weighted by Crippen LogP contribution is 2.48. The molecule has 0 unspecified atom stereocenters. The van der Waals surface area contributed by atoms with Crippen LogP contribution in [-0.2, 0) is 12.0 Å². The predicted molar refractivity (Wildman–Crippen MR) is 113 cm³/mol. The van der Waals surface area contributed by atoms with Crippen LogP contribution in [0, 0.1) is 5.82 Å². The number of anilines is 1. The average molecular weight is 384 g/mol. The second-order valence-electron chi connectivity index (χ2n) is 7.24. The third kappa shape index (κ3) is 4.61. The van der Waals surface area contributed by atoms with Gasteiger partial charge in [-0.05, 0) is 49.9 Å². The normalized spacial score (nSPS) is 15.2. The number of halogens is 1. The van der Waals surface area contributed by atoms with Gasteiger partial charge in [0.15, 0.2) is 5.96 Å². The molecule has 1 aliphatic rings. The average Bonchev–Trinajstić information content (AvgIpc) is 3.51. The van der Waals surface area contributed by atoms with Gasteiger partial charge in [0.2, 0.25) is 0 Å². The van der Waals surface area contributed by atoms with Gasteiger partial charge in [0, 0.05) is 44.8 Å². The number of nitrogens with zero attached hydrogens (tertiary/aromatic N) is 3. The van der Waals surface area contributed by atoms with E-state index < -0.39 is 0 Å². The molecule has 0 spiro atoms. The lowest BCUT2D eigenvalue weighted by molar-refractivity contribution is 0.559. The van der Waals surface area contributed by atoms with Crippen molar-refractivity contribution in [3.05, 3.63) is 59.5 Å². The van der Waals surface area contributed by atoms with E-state index in [1.165, 1.54) is 6.07 Å². The maximum atomic E-state index is 14.2. The molecule has 28 heavy (non-hydrogen) atoms. The van der Waals surface area contributed by atoms with Crippen LogP contribution in [0.5, 0.6) is 0 Å². The molecule has 1 heterocycles. The predicted octanol–water partition coefficient (Wildman–Crippen LogP) is 3.46. The summed E-state index contributed by atoms with van der Waals surface area (Å²) in [5.41, 5.74) is 1.78. The molecule has 1 saturated carbocycles. The zero-order valence-corrected chi connectivity index (χ0v) is 17.0. The third-order valence-corrected chi connectivity index (χ3v) is 5.47. The van der Waals surface area contributed by atoms with Crippen LogP contribution in [0.1, 0.15) is 37.8 Å². The molecule has 1 fully saturated rings. The molecule has 0 atom stereocenters. The van der Waals surface area contributed by atoms with Crippen LogP contribution in [0.2, 0.25) is 0 Å². The lowest BCUT2D eigenvalue weighted by atomic mass is 9.95. The molecule has 0 saturated heterocycles. The molecule has 150 valence electrons. The highest BCUT2D eigenvalue weighted by atomic mass is 19.1. The van der Waals surface area contributed by atoms with Crippen LogP contribution < -0.4 is 15.5 Å². The Morgan fingerprint density at radius 3 is 2.46 bits per heavy atom. The fourth-order valence-corrected chi connectivity index (χ4v) is 3.50. The first-order chi connectivity index (χ1) is 13.6. The fourth-order valence-electron chi connectivity index (χ4n) is 3.50. The van der Waals surface area contributed by atoms with E-state index in [0.717, 1.165) is 48.8 Å². The summed E-state index contributed by atoms with van der Waals surface area (Å²) in [6, 6.07) is 11.2. The van der Waals surface area contributed by atoms with Crippen molar-refractivity contribution in [3.8, 4) is 0 Å². The Kier molecular flexibility index (Phi) is 6.49. The van der Waals surface area contributed by atoms with Crippen molar-refractivity contribution in [2.75, 3.05) is 31.6 Å². The first-order valence-electron chi connectivity index (χ1n) is 10.0. The number of aliphatic imine (C=N–C) groups is 1. The van der Waals surface area contributed by atoms with Crippen molar-refractivity contribution in [1.82, 2.24) is 15.6 Å². The SMILES string of the molecule is CCN(CC)c1ccc(CNC(=NC)NCC2(c3ccccc3F)CC2)cn1. The Morgan fingerprint density at radius 1 is 1.14 bits per heavy atom. The van der Waals surface area contributed by atoms with Gasteiger partial charge in [-0.15, -0.1) is 0 Å². The summed E-state index contributed by atoms with van der Waals surface area (Å²) in [6.07, 6.45) is 3.89. The molecule has 0 aliphatic heterocycles. The summed E-state index contributed by atoms with van der Waals surface area (Å²) >= 11 is 0. The van der Waals surface area contributed by atoms with Gasteiger partial charge in [-0.3, -0.25) is 4.99 Å². The van der Waals surface area contributed by atoms with Crippen molar-refractivity contribution in [2.45, 2.75) is 38.6 Å². The minimum Gasteiger partial charge on any atom is -0.357 e. The number of rotatable bonds is 8. The first-order valence-corrected chi connectivity index (χ1v) is 10.0. The zero-order valence-electron chi connectivity index (χ0n) is 17.0. The van der Waals surface area contributed by atoms with Crippen LogP contribution in [0.3, 0.4) is 0 Å². The number of nitrogens with one attached hydrogen (secondary N) is 2. The largest absolute Gasteiger partial charge is 0.357 e. The van der Waals surface area contributed by atoms with Gasteiger partial charge in [0.25, 0.3) is 0 Å². The number of hydrogen-bond donors (Lipinski definition) is 2. The Bertz CT molecular complexity index is 795. The second-order valence-corrected chi connectivity index (χ2v) is 7.24. The van der Waals surface area contributed by atoms with Crippen molar-refractivity contribution in [1.29, 1.82) is 0 Å². The van der Waals surface area contributed by atoms with Crippen LogP contribution in [-0.4, -0.2) is 37.6 Å². The molecule has 0 amide bonds. The van der Waals surface area contributed by atoms with E-state index in [4.69, 9.17) is 0 Å². The number of benzene rings is 1. The standard InChI is InChI=1S/C22H30FN5/c1-4-28(5-2)20-11-10-17(14-25-20)15-26-21(24-3)27-16-22(12-13-22)18-8-6-7-9-19(18)23/h6-11,14H,4-5,12-13,15-16H2,1-3H3,(H2,24,26,27). The van der Waals surface area contributed by atoms with Gasteiger partial charge >= 0.3 is 0 Å². The van der Waals surface area contributed by atoms with Crippen LogP contribution >= 0.6 is 0 Å². The highest BCUT2D eigenvalue weighted by Gasteiger charge is 2.45. The highest BCUT2D eigenvalue weighted by molar-refractivity contribution is 5.79. The summed E-state index contributed by atoms with van der Waals surface area (Å²) in [6.45, 7) is 7.46. The van der Waals surface area contributed by atoms with Crippen molar-refractivity contribution >= 4 is 11.8 Å². The van der Waals surface area contributed by atoms with Crippen LogP contribution in [0.15, 0.2) is 47.6 Å². The van der Waals surface area contributed by atoms with Gasteiger partial charge in [-0.25, -0.2) is 9.37 Å². The molecule has 2 aromatic rings. The van der Waals surface area contributed by atoms with Gasteiger partial charge < -0.3 is 15.5 Å². The van der Waals surface area contributed by atoms with Crippen molar-refractivity contribution in [3.63, 3.8) is 0 Å². The molecule has 6 heteroatoms. The number of hydrogen-bond acceptors (Lipinski definition) is 3. The minimum atomic E-state index is -0.121. The van der Waals surface area contributed by atoms with E-state index in [2.05, 4.69) is 51.5 Å². The fraction of sp³-hybridized carbons (Fsp3) is 0.455. The number of guanidine groups is 1. The summed E-state index contributed by atoms with van der Waals surface area (Å²) in [5, 5.41) is 6.68. The maximum absolute atomic E-state index is 14.2. The maximum Gasteiger partial charge on any atom is 0.191 e. The molecule has 0 bridgehead atoms. The molecular formula is C22H30FN5. The summed E-state index contributed by atoms with van der Waals surface area (Å²) in [5.74, 6) is 1.59. The van der Waals surface area contributed by atoms with Gasteiger partial charge in [-0.1, -0.05) is 24.3 Å². The molecule has 1 aromatic carbocycles. The Hall–Kier alpha value is -2.63. The molecule has 5 nitrogen and oxygen atoms in total.